The first-order valence-corrected chi connectivity index (χ1v) is 8.42. The zero-order valence-corrected chi connectivity index (χ0v) is 14.7. The van der Waals surface area contributed by atoms with Crippen molar-refractivity contribution in [3.63, 3.8) is 0 Å². The van der Waals surface area contributed by atoms with Crippen LogP contribution >= 0.6 is 0 Å². The van der Waals surface area contributed by atoms with Gasteiger partial charge in [0.25, 0.3) is 0 Å². The highest BCUT2D eigenvalue weighted by molar-refractivity contribution is 5.93. The summed E-state index contributed by atoms with van der Waals surface area (Å²) in [5.74, 6) is -2.60. The first kappa shape index (κ1) is 19.4. The predicted molar refractivity (Wildman–Crippen MR) is 96.0 cm³/mol. The first-order valence-electron chi connectivity index (χ1n) is 8.42. The second-order valence-corrected chi connectivity index (χ2v) is 6.32. The smallest absolute Gasteiger partial charge is 0.414 e. The van der Waals surface area contributed by atoms with E-state index in [0.717, 1.165) is 5.56 Å². The molecule has 1 aliphatic heterocycles. The molecule has 0 spiro atoms. The van der Waals surface area contributed by atoms with Gasteiger partial charge in [-0.15, -0.1) is 0 Å². The van der Waals surface area contributed by atoms with Gasteiger partial charge in [0.15, 0.2) is 6.10 Å². The van der Waals surface area contributed by atoms with E-state index in [1.807, 2.05) is 0 Å². The van der Waals surface area contributed by atoms with Crippen LogP contribution in [0.5, 0.6) is 0 Å². The molecule has 0 saturated carbocycles. The summed E-state index contributed by atoms with van der Waals surface area (Å²) in [6.45, 7) is 0.358. The van der Waals surface area contributed by atoms with Gasteiger partial charge in [-0.1, -0.05) is 12.1 Å². The molecule has 1 amide bonds. The van der Waals surface area contributed by atoms with Crippen molar-refractivity contribution < 1.29 is 34.4 Å². The number of carboxylic acids is 2. The maximum atomic E-state index is 12.2. The fraction of sp³-hybridized carbons (Fsp3) is 0.278. The van der Waals surface area contributed by atoms with Crippen LogP contribution in [0.4, 0.5) is 10.5 Å². The summed E-state index contributed by atoms with van der Waals surface area (Å²) in [4.78, 5) is 38.6. The molecule has 1 aromatic carbocycles. The lowest BCUT2D eigenvalue weighted by Crippen LogP contribution is -2.27. The van der Waals surface area contributed by atoms with Gasteiger partial charge in [-0.25, -0.2) is 9.59 Å². The number of cyclic esters (lactones) is 1. The van der Waals surface area contributed by atoms with Crippen LogP contribution in [0.15, 0.2) is 30.5 Å². The Balaban J connectivity index is 1.82. The molecule has 10 heteroatoms. The number of aromatic amines is 1. The Morgan fingerprint density at radius 3 is 2.54 bits per heavy atom. The molecule has 0 bridgehead atoms. The van der Waals surface area contributed by atoms with Gasteiger partial charge in [-0.05, 0) is 17.7 Å². The largest absolute Gasteiger partial charge is 0.481 e. The number of aliphatic hydroxyl groups excluding tert-OH is 1. The highest BCUT2D eigenvalue weighted by Gasteiger charge is 2.39. The molecule has 148 valence electrons. The summed E-state index contributed by atoms with van der Waals surface area (Å²) in [7, 11) is 0. The summed E-state index contributed by atoms with van der Waals surface area (Å²) >= 11 is 0. The summed E-state index contributed by atoms with van der Waals surface area (Å²) in [6.07, 6.45) is -2.46. The third-order valence-electron chi connectivity index (χ3n) is 4.52. The molecule has 2 heterocycles. The average molecular weight is 389 g/mol. The minimum absolute atomic E-state index is 0.000471. The van der Waals surface area contributed by atoms with Gasteiger partial charge in [0, 0.05) is 29.7 Å². The number of anilines is 1. The lowest BCUT2D eigenvalue weighted by molar-refractivity contribution is -0.136. The number of hydrogen-bond acceptors (Lipinski definition) is 6. The molecule has 28 heavy (non-hydrogen) atoms. The highest BCUT2D eigenvalue weighted by atomic mass is 16.6. The van der Waals surface area contributed by atoms with Crippen molar-refractivity contribution in [1.29, 1.82) is 0 Å². The topological polar surface area (TPSA) is 166 Å². The van der Waals surface area contributed by atoms with Crippen LogP contribution in [0.1, 0.15) is 33.3 Å². The monoisotopic (exact) mass is 389 g/mol. The Labute approximate surface area is 159 Å². The van der Waals surface area contributed by atoms with Crippen molar-refractivity contribution >= 4 is 23.7 Å². The van der Waals surface area contributed by atoms with E-state index < -0.39 is 36.7 Å². The minimum atomic E-state index is -1.44. The van der Waals surface area contributed by atoms with Crippen LogP contribution in [0, 0.1) is 0 Å². The third-order valence-corrected chi connectivity index (χ3v) is 4.52. The molecule has 1 aliphatic rings. The molecular formula is C18H19N3O7. The number of aromatic nitrogens is 1. The van der Waals surface area contributed by atoms with Crippen LogP contribution < -0.4 is 10.6 Å². The molecular weight excluding hydrogens is 370 g/mol. The van der Waals surface area contributed by atoms with Gasteiger partial charge < -0.3 is 30.8 Å². The van der Waals surface area contributed by atoms with E-state index in [1.54, 1.807) is 24.3 Å². The number of aliphatic carboxylic acids is 1. The predicted octanol–water partition coefficient (Wildman–Crippen LogP) is 0.857. The van der Waals surface area contributed by atoms with Crippen molar-refractivity contribution in [3.05, 3.63) is 52.8 Å². The Morgan fingerprint density at radius 1 is 1.29 bits per heavy atom. The number of carbonyl (C=O) groups excluding carboxylic acids is 1. The van der Waals surface area contributed by atoms with Gasteiger partial charge >= 0.3 is 18.0 Å². The van der Waals surface area contributed by atoms with Gasteiger partial charge in [0.2, 0.25) is 0 Å². The number of nitrogens with two attached hydrogens (primary N) is 1. The molecule has 3 rings (SSSR count). The summed E-state index contributed by atoms with van der Waals surface area (Å²) in [5, 5.41) is 28.9. The van der Waals surface area contributed by atoms with Gasteiger partial charge in [0.1, 0.15) is 6.10 Å². The summed E-state index contributed by atoms with van der Waals surface area (Å²) in [5.41, 5.74) is 6.56. The fourth-order valence-electron chi connectivity index (χ4n) is 3.13. The molecule has 2 unspecified atom stereocenters. The molecule has 2 aromatic rings. The number of amides is 1. The van der Waals surface area contributed by atoms with E-state index in [1.165, 1.54) is 11.1 Å². The average Bonchev–Trinajstić information content (AvgIpc) is 3.24. The van der Waals surface area contributed by atoms with E-state index in [9.17, 15) is 24.6 Å². The number of nitrogens with zero attached hydrogens (tertiary/aromatic N) is 1. The quantitative estimate of drug-likeness (QED) is 0.465. The minimum Gasteiger partial charge on any atom is -0.481 e. The van der Waals surface area contributed by atoms with Crippen molar-refractivity contribution in [2.24, 2.45) is 5.73 Å². The number of ether oxygens (including phenoxy) is 1. The van der Waals surface area contributed by atoms with Gasteiger partial charge in [-0.2, -0.15) is 0 Å². The SMILES string of the molecule is NCc1ccc(N2CC(C(O)c3c[nH]c(CC(=O)O)c3C(=O)O)OC2=O)cc1. The first-order chi connectivity index (χ1) is 13.3. The maximum Gasteiger partial charge on any atom is 0.414 e. The number of aliphatic hydroxyl groups is 1. The molecule has 1 saturated heterocycles. The Morgan fingerprint density at radius 2 is 1.96 bits per heavy atom. The van der Waals surface area contributed by atoms with Crippen LogP contribution in [0.25, 0.3) is 0 Å². The summed E-state index contributed by atoms with van der Waals surface area (Å²) < 4.78 is 5.22. The van der Waals surface area contributed by atoms with E-state index in [-0.39, 0.29) is 23.4 Å². The number of aromatic carboxylic acids is 1. The Hall–Kier alpha value is -3.37. The van der Waals surface area contributed by atoms with Crippen molar-refractivity contribution in [2.45, 2.75) is 25.2 Å². The third kappa shape index (κ3) is 3.68. The number of rotatable bonds is 7. The molecule has 0 aliphatic carbocycles. The fourth-order valence-corrected chi connectivity index (χ4v) is 3.13. The second-order valence-electron chi connectivity index (χ2n) is 6.32. The zero-order valence-electron chi connectivity index (χ0n) is 14.7. The lowest BCUT2D eigenvalue weighted by Gasteiger charge is -2.17. The number of H-pyrrole nitrogens is 1. The molecule has 10 nitrogen and oxygen atoms in total. The van der Waals surface area contributed by atoms with Crippen LogP contribution in [0.3, 0.4) is 0 Å². The number of carbonyl (C=O) groups is 3. The normalized spacial score (nSPS) is 17.4. The van der Waals surface area contributed by atoms with Crippen molar-refractivity contribution in [3.8, 4) is 0 Å². The molecule has 1 fully saturated rings. The standard InChI is InChI=1S/C18H19N3O7/c19-6-9-1-3-10(4-2-9)21-8-13(28-18(21)27)16(24)11-7-20-12(5-14(22)23)15(11)17(25)26/h1-4,7,13,16,20,24H,5-6,8,19H2,(H,22,23)(H,25,26). The number of carboxylic acid groups (broad SMARTS) is 2. The molecule has 2 atom stereocenters. The van der Waals surface area contributed by atoms with E-state index in [2.05, 4.69) is 4.98 Å². The molecule has 6 N–H and O–H groups in total. The van der Waals surface area contributed by atoms with Gasteiger partial charge in [-0.3, -0.25) is 9.69 Å². The van der Waals surface area contributed by atoms with E-state index in [4.69, 9.17) is 15.6 Å². The van der Waals surface area contributed by atoms with E-state index >= 15 is 0 Å². The highest BCUT2D eigenvalue weighted by Crippen LogP contribution is 2.31. The Kier molecular flexibility index (Phi) is 5.34. The lowest BCUT2D eigenvalue weighted by atomic mass is 10.0. The number of nitrogens with one attached hydrogen (secondary N) is 1. The van der Waals surface area contributed by atoms with Crippen molar-refractivity contribution in [1.82, 2.24) is 4.98 Å². The number of hydrogen-bond donors (Lipinski definition) is 5. The zero-order chi connectivity index (χ0) is 20.4. The van der Waals surface area contributed by atoms with Crippen molar-refractivity contribution in [2.75, 3.05) is 11.4 Å². The Bertz CT molecular complexity index is 906. The second kappa shape index (κ2) is 7.71. The molecule has 1 aromatic heterocycles. The molecule has 0 radical (unpaired) electrons. The van der Waals surface area contributed by atoms with E-state index in [0.29, 0.717) is 12.2 Å². The number of benzene rings is 1. The maximum absolute atomic E-state index is 12.2. The summed E-state index contributed by atoms with van der Waals surface area (Å²) in [6, 6.07) is 6.92. The van der Waals surface area contributed by atoms with Gasteiger partial charge in [0.05, 0.1) is 18.5 Å². The van der Waals surface area contributed by atoms with Crippen LogP contribution in [0.2, 0.25) is 0 Å². The van der Waals surface area contributed by atoms with Crippen LogP contribution in [-0.2, 0) is 22.5 Å². The van der Waals surface area contributed by atoms with Crippen LogP contribution in [-0.4, -0.2) is 51.0 Å².